The van der Waals surface area contributed by atoms with Crippen LogP contribution in [0.3, 0.4) is 0 Å². The number of likely N-dealkylation sites (N-methyl/N-ethyl adjacent to an activating group) is 1. The van der Waals surface area contributed by atoms with E-state index in [2.05, 4.69) is 4.90 Å². The molecule has 0 radical (unpaired) electrons. The first-order valence-corrected chi connectivity index (χ1v) is 10.3. The highest BCUT2D eigenvalue weighted by molar-refractivity contribution is 7.89. The van der Waals surface area contributed by atoms with Gasteiger partial charge in [0.15, 0.2) is 0 Å². The molecule has 1 fully saturated rings. The maximum atomic E-state index is 13.1. The molecule has 0 unspecified atom stereocenters. The minimum absolute atomic E-state index is 0.0268. The van der Waals surface area contributed by atoms with Crippen molar-refractivity contribution in [3.8, 4) is 11.1 Å². The van der Waals surface area contributed by atoms with E-state index in [1.165, 1.54) is 16.4 Å². The number of rotatable bonds is 4. The molecule has 0 aliphatic carbocycles. The molecule has 27 heavy (non-hydrogen) atoms. The lowest BCUT2D eigenvalue weighted by Crippen LogP contribution is -2.47. The Kier molecular flexibility index (Phi) is 5.37. The lowest BCUT2D eigenvalue weighted by Gasteiger charge is -2.31. The maximum absolute atomic E-state index is 13.1. The Morgan fingerprint density at radius 1 is 1.04 bits per heavy atom. The SMILES string of the molecule is Cc1cccc(-c2cc(C(=O)O)cc(S(=O)(=O)N3CCN(C)CC3)c2)c1C. The molecular formula is C20H24N2O4S. The quantitative estimate of drug-likeness (QED) is 0.871. The van der Waals surface area contributed by atoms with Crippen molar-refractivity contribution in [3.63, 3.8) is 0 Å². The Hall–Kier alpha value is -2.22. The Balaban J connectivity index is 2.12. The molecule has 2 aromatic rings. The van der Waals surface area contributed by atoms with E-state index in [0.29, 0.717) is 31.7 Å². The Bertz CT molecular complexity index is 977. The maximum Gasteiger partial charge on any atom is 0.335 e. The van der Waals surface area contributed by atoms with Crippen molar-refractivity contribution in [2.75, 3.05) is 33.2 Å². The van der Waals surface area contributed by atoms with E-state index in [9.17, 15) is 18.3 Å². The topological polar surface area (TPSA) is 77.9 Å². The lowest BCUT2D eigenvalue weighted by molar-refractivity contribution is 0.0696. The van der Waals surface area contributed by atoms with Gasteiger partial charge < -0.3 is 10.0 Å². The predicted octanol–water partition coefficient (Wildman–Crippen LogP) is 2.60. The van der Waals surface area contributed by atoms with Crippen LogP contribution in [0, 0.1) is 13.8 Å². The van der Waals surface area contributed by atoms with Gasteiger partial charge >= 0.3 is 5.97 Å². The molecule has 1 aliphatic rings. The number of aromatic carboxylic acids is 1. The fourth-order valence-corrected chi connectivity index (χ4v) is 4.76. The smallest absolute Gasteiger partial charge is 0.335 e. The second kappa shape index (κ2) is 7.42. The summed E-state index contributed by atoms with van der Waals surface area (Å²) in [6.07, 6.45) is 0. The number of carboxylic acids is 1. The number of aryl methyl sites for hydroxylation is 1. The second-order valence-electron chi connectivity index (χ2n) is 7.01. The zero-order chi connectivity index (χ0) is 19.8. The van der Waals surface area contributed by atoms with Gasteiger partial charge in [0.05, 0.1) is 10.5 Å². The number of hydrogen-bond acceptors (Lipinski definition) is 4. The molecule has 1 heterocycles. The van der Waals surface area contributed by atoms with E-state index in [-0.39, 0.29) is 10.5 Å². The highest BCUT2D eigenvalue weighted by Gasteiger charge is 2.28. The van der Waals surface area contributed by atoms with Gasteiger partial charge in [-0.1, -0.05) is 18.2 Å². The van der Waals surface area contributed by atoms with E-state index in [4.69, 9.17) is 0 Å². The highest BCUT2D eigenvalue weighted by Crippen LogP contribution is 2.30. The Morgan fingerprint density at radius 3 is 2.33 bits per heavy atom. The standard InChI is InChI=1S/C20H24N2O4S/c1-14-5-4-6-19(15(14)2)16-11-17(20(23)24)13-18(12-16)27(25,26)22-9-7-21(3)8-10-22/h4-6,11-13H,7-10H2,1-3H3,(H,23,24). The molecule has 1 aliphatic heterocycles. The van der Waals surface area contributed by atoms with Gasteiger partial charge in [-0.05, 0) is 61.3 Å². The normalized spacial score (nSPS) is 16.4. The van der Waals surface area contributed by atoms with Crippen molar-refractivity contribution >= 4 is 16.0 Å². The number of carboxylic acid groups (broad SMARTS) is 1. The van der Waals surface area contributed by atoms with Crippen molar-refractivity contribution < 1.29 is 18.3 Å². The van der Waals surface area contributed by atoms with Crippen molar-refractivity contribution in [3.05, 3.63) is 53.1 Å². The van der Waals surface area contributed by atoms with Crippen molar-refractivity contribution in [2.45, 2.75) is 18.7 Å². The Morgan fingerprint density at radius 2 is 1.70 bits per heavy atom. The summed E-state index contributed by atoms with van der Waals surface area (Å²) in [7, 11) is -1.80. The van der Waals surface area contributed by atoms with E-state index < -0.39 is 16.0 Å². The number of sulfonamides is 1. The number of hydrogen-bond donors (Lipinski definition) is 1. The van der Waals surface area contributed by atoms with E-state index >= 15 is 0 Å². The lowest BCUT2D eigenvalue weighted by atomic mass is 9.96. The van der Waals surface area contributed by atoms with E-state index in [1.54, 1.807) is 6.07 Å². The van der Waals surface area contributed by atoms with Gasteiger partial charge in [-0.15, -0.1) is 0 Å². The molecular weight excluding hydrogens is 364 g/mol. The van der Waals surface area contributed by atoms with Gasteiger partial charge in [-0.25, -0.2) is 13.2 Å². The molecule has 1 N–H and O–H groups in total. The molecule has 0 aromatic heterocycles. The average molecular weight is 388 g/mol. The minimum atomic E-state index is -3.75. The van der Waals surface area contributed by atoms with Crippen molar-refractivity contribution in [1.82, 2.24) is 9.21 Å². The molecule has 7 heteroatoms. The van der Waals surface area contributed by atoms with Crippen LogP contribution in [-0.2, 0) is 10.0 Å². The summed E-state index contributed by atoms with van der Waals surface area (Å²) >= 11 is 0. The molecule has 0 saturated carbocycles. The van der Waals surface area contributed by atoms with Crippen LogP contribution in [0.5, 0.6) is 0 Å². The molecule has 6 nitrogen and oxygen atoms in total. The third kappa shape index (κ3) is 3.90. The summed E-state index contributed by atoms with van der Waals surface area (Å²) in [6, 6.07) is 10.1. The van der Waals surface area contributed by atoms with Gasteiger partial charge in [-0.3, -0.25) is 0 Å². The van der Waals surface area contributed by atoms with Crippen LogP contribution in [0.4, 0.5) is 0 Å². The largest absolute Gasteiger partial charge is 0.478 e. The molecule has 0 spiro atoms. The third-order valence-corrected chi connectivity index (χ3v) is 7.05. The number of carbonyl (C=O) groups is 1. The molecule has 2 aromatic carbocycles. The van der Waals surface area contributed by atoms with Crippen LogP contribution in [0.2, 0.25) is 0 Å². The van der Waals surface area contributed by atoms with Gasteiger partial charge in [0.1, 0.15) is 0 Å². The summed E-state index contributed by atoms with van der Waals surface area (Å²) in [5.74, 6) is -1.14. The van der Waals surface area contributed by atoms with Crippen molar-refractivity contribution in [2.24, 2.45) is 0 Å². The van der Waals surface area contributed by atoms with Crippen LogP contribution >= 0.6 is 0 Å². The predicted molar refractivity (Wildman–Crippen MR) is 105 cm³/mol. The van der Waals surface area contributed by atoms with E-state index in [1.807, 2.05) is 39.1 Å². The number of piperazine rings is 1. The molecule has 0 bridgehead atoms. The Labute approximate surface area is 160 Å². The summed E-state index contributed by atoms with van der Waals surface area (Å²) in [6.45, 7) is 6.03. The molecule has 0 atom stereocenters. The van der Waals surface area contributed by atoms with Crippen LogP contribution in [-0.4, -0.2) is 61.9 Å². The first-order chi connectivity index (χ1) is 12.7. The highest BCUT2D eigenvalue weighted by atomic mass is 32.2. The van der Waals surface area contributed by atoms with Gasteiger partial charge in [0.2, 0.25) is 10.0 Å². The molecule has 0 amide bonds. The summed E-state index contributed by atoms with van der Waals surface area (Å²) < 4.78 is 27.7. The van der Waals surface area contributed by atoms with Crippen LogP contribution in [0.1, 0.15) is 21.5 Å². The fraction of sp³-hybridized carbons (Fsp3) is 0.350. The minimum Gasteiger partial charge on any atom is -0.478 e. The van der Waals surface area contributed by atoms with Gasteiger partial charge in [-0.2, -0.15) is 4.31 Å². The zero-order valence-electron chi connectivity index (χ0n) is 15.8. The fourth-order valence-electron chi connectivity index (χ4n) is 3.27. The summed E-state index contributed by atoms with van der Waals surface area (Å²) in [5, 5.41) is 9.50. The summed E-state index contributed by atoms with van der Waals surface area (Å²) in [5.41, 5.74) is 3.48. The number of nitrogens with zero attached hydrogens (tertiary/aromatic N) is 2. The molecule has 1 saturated heterocycles. The van der Waals surface area contributed by atoms with Crippen LogP contribution in [0.15, 0.2) is 41.3 Å². The summed E-state index contributed by atoms with van der Waals surface area (Å²) in [4.78, 5) is 13.7. The van der Waals surface area contributed by atoms with E-state index in [0.717, 1.165) is 16.7 Å². The first-order valence-electron chi connectivity index (χ1n) is 8.84. The van der Waals surface area contributed by atoms with Crippen LogP contribution < -0.4 is 0 Å². The number of benzene rings is 2. The van der Waals surface area contributed by atoms with Crippen molar-refractivity contribution in [1.29, 1.82) is 0 Å². The van der Waals surface area contributed by atoms with Crippen LogP contribution in [0.25, 0.3) is 11.1 Å². The second-order valence-corrected chi connectivity index (χ2v) is 8.94. The monoisotopic (exact) mass is 388 g/mol. The average Bonchev–Trinajstić information content (AvgIpc) is 2.64. The molecule has 3 rings (SSSR count). The van der Waals surface area contributed by atoms with Gasteiger partial charge in [0.25, 0.3) is 0 Å². The zero-order valence-corrected chi connectivity index (χ0v) is 16.6. The first kappa shape index (κ1) is 19.5. The van der Waals surface area contributed by atoms with Gasteiger partial charge in [0, 0.05) is 26.2 Å². The molecule has 144 valence electrons. The third-order valence-electron chi connectivity index (χ3n) is 5.17.